The summed E-state index contributed by atoms with van der Waals surface area (Å²) in [5, 5.41) is 7.65. The lowest BCUT2D eigenvalue weighted by atomic mass is 10.1. The molecule has 0 aliphatic carbocycles. The maximum absolute atomic E-state index is 4.83. The topological polar surface area (TPSA) is 48.7 Å². The van der Waals surface area contributed by atoms with E-state index in [1.54, 1.807) is 0 Å². The van der Waals surface area contributed by atoms with Gasteiger partial charge in [-0.25, -0.2) is 0 Å². The number of nitrogens with zero attached hydrogens (tertiary/aromatic N) is 5. The van der Waals surface area contributed by atoms with Crippen LogP contribution in [0.2, 0.25) is 0 Å². The van der Waals surface area contributed by atoms with Crippen LogP contribution in [-0.4, -0.2) is 66.3 Å². The zero-order valence-electron chi connectivity index (χ0n) is 15.7. The molecule has 0 bridgehead atoms. The largest absolute Gasteiger partial charge is 0.357 e. The minimum atomic E-state index is 0. The van der Waals surface area contributed by atoms with Gasteiger partial charge in [-0.05, 0) is 33.9 Å². The Morgan fingerprint density at radius 1 is 1.46 bits per heavy atom. The first-order valence-electron chi connectivity index (χ1n) is 8.24. The minimum absolute atomic E-state index is 0. The Balaban J connectivity index is 0.00000529. The van der Waals surface area contributed by atoms with E-state index in [0.29, 0.717) is 6.54 Å². The normalized spacial score (nSPS) is 12.7. The van der Waals surface area contributed by atoms with Crippen LogP contribution in [0.1, 0.15) is 31.4 Å². The lowest BCUT2D eigenvalue weighted by molar-refractivity contribution is 0.305. The van der Waals surface area contributed by atoms with Gasteiger partial charge in [0.25, 0.3) is 0 Å². The molecule has 0 fully saturated rings. The molecular formula is C17H33IN6. The van der Waals surface area contributed by atoms with Crippen LogP contribution in [-0.2, 0) is 7.05 Å². The molecule has 1 N–H and O–H groups in total. The van der Waals surface area contributed by atoms with E-state index >= 15 is 0 Å². The van der Waals surface area contributed by atoms with Crippen LogP contribution < -0.4 is 5.32 Å². The van der Waals surface area contributed by atoms with Gasteiger partial charge in [-0.3, -0.25) is 9.67 Å². The Morgan fingerprint density at radius 3 is 2.67 bits per heavy atom. The number of guanidine groups is 1. The fourth-order valence-electron chi connectivity index (χ4n) is 2.40. The van der Waals surface area contributed by atoms with Crippen LogP contribution in [0, 0.1) is 0 Å². The van der Waals surface area contributed by atoms with Crippen molar-refractivity contribution in [3.8, 4) is 0 Å². The first-order valence-corrected chi connectivity index (χ1v) is 8.24. The van der Waals surface area contributed by atoms with E-state index in [1.165, 1.54) is 5.56 Å². The van der Waals surface area contributed by atoms with Crippen LogP contribution >= 0.6 is 24.0 Å². The fraction of sp³-hybridized carbons (Fsp3) is 0.647. The smallest absolute Gasteiger partial charge is 0.193 e. The summed E-state index contributed by atoms with van der Waals surface area (Å²) in [6, 6.07) is 0.221. The number of rotatable bonds is 9. The highest BCUT2D eigenvalue weighted by Crippen LogP contribution is 2.17. The van der Waals surface area contributed by atoms with Crippen molar-refractivity contribution >= 4 is 29.9 Å². The van der Waals surface area contributed by atoms with Gasteiger partial charge in [0.2, 0.25) is 0 Å². The van der Waals surface area contributed by atoms with E-state index in [0.717, 1.165) is 31.9 Å². The summed E-state index contributed by atoms with van der Waals surface area (Å²) >= 11 is 0. The van der Waals surface area contributed by atoms with Crippen molar-refractivity contribution in [2.75, 3.05) is 40.8 Å². The number of aliphatic imine (C=N–C) groups is 1. The molecule has 0 aliphatic heterocycles. The van der Waals surface area contributed by atoms with E-state index < -0.39 is 0 Å². The zero-order valence-corrected chi connectivity index (χ0v) is 18.0. The lowest BCUT2D eigenvalue weighted by Gasteiger charge is -2.25. The third kappa shape index (κ3) is 7.65. The first-order chi connectivity index (χ1) is 11.0. The first kappa shape index (κ1) is 22.9. The van der Waals surface area contributed by atoms with Crippen molar-refractivity contribution in [2.45, 2.75) is 25.8 Å². The quantitative estimate of drug-likeness (QED) is 0.207. The second-order valence-electron chi connectivity index (χ2n) is 5.97. The number of unbranched alkanes of at least 4 members (excludes halogenated alkanes) is 1. The average molecular weight is 448 g/mol. The van der Waals surface area contributed by atoms with Crippen LogP contribution in [0.25, 0.3) is 0 Å². The molecule has 0 amide bonds. The van der Waals surface area contributed by atoms with E-state index in [2.05, 4.69) is 61.1 Å². The Labute approximate surface area is 164 Å². The minimum Gasteiger partial charge on any atom is -0.357 e. The molecule has 7 heteroatoms. The molecule has 138 valence electrons. The van der Waals surface area contributed by atoms with E-state index in [-0.39, 0.29) is 30.0 Å². The molecule has 0 aromatic carbocycles. The van der Waals surface area contributed by atoms with Gasteiger partial charge in [-0.2, -0.15) is 5.10 Å². The molecule has 6 nitrogen and oxygen atoms in total. The Bertz CT molecular complexity index is 497. The SMILES string of the molecule is C=CCCCN(C)C(=NCC(c1cnn(C)c1)N(C)C)NCC.I. The monoisotopic (exact) mass is 448 g/mol. The highest BCUT2D eigenvalue weighted by molar-refractivity contribution is 14.0. The summed E-state index contributed by atoms with van der Waals surface area (Å²) in [6.07, 6.45) is 8.05. The molecule has 0 spiro atoms. The Kier molecular flexibility index (Phi) is 11.7. The molecule has 1 heterocycles. The number of halogens is 1. The number of allylic oxidation sites excluding steroid dienone is 1. The van der Waals surface area contributed by atoms with Gasteiger partial charge in [-0.1, -0.05) is 6.08 Å². The van der Waals surface area contributed by atoms with Gasteiger partial charge in [0.15, 0.2) is 5.96 Å². The summed E-state index contributed by atoms with van der Waals surface area (Å²) in [4.78, 5) is 9.19. The third-order valence-corrected chi connectivity index (χ3v) is 3.75. The summed E-state index contributed by atoms with van der Waals surface area (Å²) in [7, 11) is 8.18. The predicted molar refractivity (Wildman–Crippen MR) is 113 cm³/mol. The number of nitrogens with one attached hydrogen (secondary N) is 1. The molecule has 0 radical (unpaired) electrons. The van der Waals surface area contributed by atoms with Gasteiger partial charge in [0.05, 0.1) is 18.8 Å². The zero-order chi connectivity index (χ0) is 17.2. The molecule has 0 saturated carbocycles. The second kappa shape index (κ2) is 12.3. The maximum atomic E-state index is 4.83. The van der Waals surface area contributed by atoms with Crippen molar-refractivity contribution in [1.82, 2.24) is 24.9 Å². The molecule has 1 unspecified atom stereocenters. The third-order valence-electron chi connectivity index (χ3n) is 3.75. The van der Waals surface area contributed by atoms with Gasteiger partial charge in [-0.15, -0.1) is 30.6 Å². The molecule has 1 aromatic heterocycles. The predicted octanol–water partition coefficient (Wildman–Crippen LogP) is 2.50. The number of hydrogen-bond acceptors (Lipinski definition) is 3. The maximum Gasteiger partial charge on any atom is 0.193 e. The summed E-state index contributed by atoms with van der Waals surface area (Å²) < 4.78 is 1.84. The van der Waals surface area contributed by atoms with E-state index in [9.17, 15) is 0 Å². The average Bonchev–Trinajstić information content (AvgIpc) is 2.92. The Hall–Kier alpha value is -1.09. The molecule has 1 aromatic rings. The second-order valence-corrected chi connectivity index (χ2v) is 5.97. The standard InChI is InChI=1S/C17H32N6.HI/c1-7-9-10-11-22(5)17(18-8-2)19-13-16(21(3)4)15-12-20-23(6)14-15;/h7,12,14,16H,1,8-11,13H2,2-6H3,(H,18,19);1H. The van der Waals surface area contributed by atoms with Crippen LogP contribution in [0.15, 0.2) is 30.0 Å². The van der Waals surface area contributed by atoms with Crippen molar-refractivity contribution < 1.29 is 0 Å². The molecule has 1 atom stereocenters. The molecular weight excluding hydrogens is 415 g/mol. The number of likely N-dealkylation sites (N-methyl/N-ethyl adjacent to an activating group) is 1. The van der Waals surface area contributed by atoms with Gasteiger partial charge in [0.1, 0.15) is 0 Å². The van der Waals surface area contributed by atoms with Crippen molar-refractivity contribution in [3.63, 3.8) is 0 Å². The van der Waals surface area contributed by atoms with E-state index in [1.807, 2.05) is 24.0 Å². The van der Waals surface area contributed by atoms with Gasteiger partial charge in [0, 0.05) is 38.9 Å². The Morgan fingerprint density at radius 2 is 2.17 bits per heavy atom. The highest BCUT2D eigenvalue weighted by atomic mass is 127. The van der Waals surface area contributed by atoms with Crippen molar-refractivity contribution in [2.24, 2.45) is 12.0 Å². The highest BCUT2D eigenvalue weighted by Gasteiger charge is 2.16. The van der Waals surface area contributed by atoms with Gasteiger partial charge < -0.3 is 15.1 Å². The number of hydrogen-bond donors (Lipinski definition) is 1. The van der Waals surface area contributed by atoms with Crippen molar-refractivity contribution in [1.29, 1.82) is 0 Å². The summed E-state index contributed by atoms with van der Waals surface area (Å²) in [5.41, 5.74) is 1.19. The molecule has 1 rings (SSSR count). The lowest BCUT2D eigenvalue weighted by Crippen LogP contribution is -2.40. The number of aromatic nitrogens is 2. The van der Waals surface area contributed by atoms with E-state index in [4.69, 9.17) is 4.99 Å². The summed E-state index contributed by atoms with van der Waals surface area (Å²) in [6.45, 7) is 8.41. The van der Waals surface area contributed by atoms with Crippen LogP contribution in [0.3, 0.4) is 0 Å². The molecule has 0 saturated heterocycles. The molecule has 0 aliphatic rings. The van der Waals surface area contributed by atoms with Gasteiger partial charge >= 0.3 is 0 Å². The summed E-state index contributed by atoms with van der Waals surface area (Å²) in [5.74, 6) is 0.951. The van der Waals surface area contributed by atoms with Crippen molar-refractivity contribution in [3.05, 3.63) is 30.6 Å². The van der Waals surface area contributed by atoms with Crippen LogP contribution in [0.5, 0.6) is 0 Å². The molecule has 24 heavy (non-hydrogen) atoms. The fourth-order valence-corrected chi connectivity index (χ4v) is 2.40. The van der Waals surface area contributed by atoms with Crippen LogP contribution in [0.4, 0.5) is 0 Å². The number of aryl methyl sites for hydroxylation is 1.